The Morgan fingerprint density at radius 2 is 1.74 bits per heavy atom. The minimum absolute atomic E-state index is 0.129. The number of rotatable bonds is 12. The number of benzene rings is 3. The Morgan fingerprint density at radius 1 is 0.979 bits per heavy atom. The molecular formula is C33H35N7O7. The molecular weight excluding hydrogens is 606 g/mol. The van der Waals surface area contributed by atoms with Gasteiger partial charge in [-0.25, -0.2) is 19.7 Å². The van der Waals surface area contributed by atoms with E-state index in [0.29, 0.717) is 5.75 Å². The number of nitrogen functional groups attached to an aromatic ring is 1. The fourth-order valence-electron chi connectivity index (χ4n) is 5.31. The van der Waals surface area contributed by atoms with E-state index >= 15 is 0 Å². The maximum Gasteiger partial charge on any atom is 0.407 e. The maximum atomic E-state index is 12.2. The quantitative estimate of drug-likeness (QED) is 0.109. The molecule has 5 aromatic rings. The molecule has 0 aliphatic carbocycles. The number of hydrogen-bond donors (Lipinski definition) is 6. The molecule has 3 aromatic carbocycles. The van der Waals surface area contributed by atoms with Crippen molar-refractivity contribution in [2.75, 3.05) is 30.8 Å². The number of anilines is 2. The number of ether oxygens (including phenoxy) is 3. The van der Waals surface area contributed by atoms with Crippen molar-refractivity contribution in [3.05, 3.63) is 96.3 Å². The summed E-state index contributed by atoms with van der Waals surface area (Å²) in [4.78, 5) is 25.1. The number of carbonyl (C=O) groups excluding carboxylic acids is 1. The van der Waals surface area contributed by atoms with Crippen molar-refractivity contribution in [3.8, 4) is 16.9 Å². The third-order valence-electron chi connectivity index (χ3n) is 7.70. The summed E-state index contributed by atoms with van der Waals surface area (Å²) in [5, 5.41) is 36.8. The van der Waals surface area contributed by atoms with Crippen LogP contribution in [0.25, 0.3) is 22.3 Å². The van der Waals surface area contributed by atoms with Gasteiger partial charge in [0.05, 0.1) is 13.2 Å². The van der Waals surface area contributed by atoms with Gasteiger partial charge in [0, 0.05) is 12.1 Å². The Morgan fingerprint density at radius 3 is 2.49 bits per heavy atom. The number of imidazole rings is 1. The number of fused-ring (bicyclic) bond motifs is 1. The molecule has 244 valence electrons. The molecule has 14 nitrogen and oxygen atoms in total. The average Bonchev–Trinajstić information content (AvgIpc) is 3.62. The fourth-order valence-corrected chi connectivity index (χ4v) is 5.31. The lowest BCUT2D eigenvalue weighted by Crippen LogP contribution is -2.33. The smallest absolute Gasteiger partial charge is 0.407 e. The summed E-state index contributed by atoms with van der Waals surface area (Å²) < 4.78 is 18.7. The monoisotopic (exact) mass is 641 g/mol. The predicted octanol–water partition coefficient (Wildman–Crippen LogP) is 2.60. The molecule has 14 heteroatoms. The van der Waals surface area contributed by atoms with E-state index in [4.69, 9.17) is 19.9 Å². The van der Waals surface area contributed by atoms with Gasteiger partial charge in [0.2, 0.25) is 5.95 Å². The molecule has 0 spiro atoms. The molecule has 0 radical (unpaired) electrons. The van der Waals surface area contributed by atoms with Gasteiger partial charge in [0.25, 0.3) is 0 Å². The molecule has 47 heavy (non-hydrogen) atoms. The lowest BCUT2D eigenvalue weighted by molar-refractivity contribution is -0.0501. The van der Waals surface area contributed by atoms with E-state index in [9.17, 15) is 20.1 Å². The molecule has 3 heterocycles. The number of nitrogens with two attached hydrogens (primary N) is 1. The van der Waals surface area contributed by atoms with Crippen molar-refractivity contribution < 1.29 is 34.3 Å². The maximum absolute atomic E-state index is 12.2. The summed E-state index contributed by atoms with van der Waals surface area (Å²) in [6, 6.07) is 25.0. The van der Waals surface area contributed by atoms with E-state index in [0.717, 1.165) is 22.3 Å². The molecule has 1 aliphatic rings. The van der Waals surface area contributed by atoms with Crippen molar-refractivity contribution in [2.45, 2.75) is 37.7 Å². The fraction of sp³-hybridized carbons (Fsp3) is 0.273. The zero-order chi connectivity index (χ0) is 32.8. The van der Waals surface area contributed by atoms with Gasteiger partial charge >= 0.3 is 6.09 Å². The number of hydrogen-bond acceptors (Lipinski definition) is 12. The summed E-state index contributed by atoms with van der Waals surface area (Å²) in [7, 11) is 0. The van der Waals surface area contributed by atoms with Crippen molar-refractivity contribution in [1.82, 2.24) is 24.8 Å². The Balaban J connectivity index is 1.18. The first-order valence-electron chi connectivity index (χ1n) is 15.0. The predicted molar refractivity (Wildman–Crippen MR) is 172 cm³/mol. The third-order valence-corrected chi connectivity index (χ3v) is 7.70. The average molecular weight is 642 g/mol. The zero-order valence-corrected chi connectivity index (χ0v) is 25.3. The van der Waals surface area contributed by atoms with Crippen LogP contribution in [0.15, 0.2) is 85.2 Å². The van der Waals surface area contributed by atoms with Crippen LogP contribution in [0.3, 0.4) is 0 Å². The zero-order valence-electron chi connectivity index (χ0n) is 25.3. The second kappa shape index (κ2) is 14.4. The van der Waals surface area contributed by atoms with Crippen LogP contribution in [0, 0.1) is 0 Å². The van der Waals surface area contributed by atoms with Crippen LogP contribution in [0.4, 0.5) is 16.6 Å². The van der Waals surface area contributed by atoms with Crippen molar-refractivity contribution in [2.24, 2.45) is 0 Å². The van der Waals surface area contributed by atoms with E-state index in [-0.39, 0.29) is 49.2 Å². The van der Waals surface area contributed by atoms with Gasteiger partial charge < -0.3 is 45.9 Å². The highest BCUT2D eigenvalue weighted by molar-refractivity contribution is 5.84. The Bertz CT molecular complexity index is 1810. The molecule has 1 amide bonds. The van der Waals surface area contributed by atoms with Gasteiger partial charge in [0.15, 0.2) is 23.2 Å². The van der Waals surface area contributed by atoms with Crippen molar-refractivity contribution in [3.63, 3.8) is 0 Å². The highest BCUT2D eigenvalue weighted by atomic mass is 16.6. The van der Waals surface area contributed by atoms with Crippen LogP contribution in [0.1, 0.15) is 17.4 Å². The molecule has 0 bridgehead atoms. The highest BCUT2D eigenvalue weighted by Crippen LogP contribution is 2.36. The van der Waals surface area contributed by atoms with Gasteiger partial charge in [-0.1, -0.05) is 72.8 Å². The molecule has 0 saturated carbocycles. The molecule has 0 unspecified atom stereocenters. The largest absolute Gasteiger partial charge is 0.491 e. The Kier molecular flexibility index (Phi) is 9.73. The van der Waals surface area contributed by atoms with E-state index in [1.807, 2.05) is 78.9 Å². The molecule has 1 saturated heterocycles. The van der Waals surface area contributed by atoms with Crippen molar-refractivity contribution >= 4 is 29.0 Å². The van der Waals surface area contributed by atoms with Gasteiger partial charge in [-0.05, 0) is 22.8 Å². The van der Waals surface area contributed by atoms with Gasteiger partial charge in [-0.15, -0.1) is 0 Å². The number of aromatic nitrogens is 4. The van der Waals surface area contributed by atoms with Gasteiger partial charge in [0.1, 0.15) is 43.6 Å². The molecule has 2 aromatic heterocycles. The first-order chi connectivity index (χ1) is 22.9. The molecule has 7 N–H and O–H groups in total. The number of aliphatic hydroxyl groups is 3. The van der Waals surface area contributed by atoms with E-state index in [2.05, 4.69) is 25.6 Å². The van der Waals surface area contributed by atoms with Crippen LogP contribution >= 0.6 is 0 Å². The third kappa shape index (κ3) is 7.10. The number of carbonyl (C=O) groups is 1. The standard InChI is InChI=1S/C33H35N7O7/c34-29-26-30(38-19-37-29)40(31-28(43)27(42)25(17-41)47-31)32(39-26)36-16-21-11-12-23(22-9-5-2-6-10-22)24(15-21)45-14-13-35-33(44)46-18-20-7-3-1-4-8-20/h1-12,15,19,25,27-28,31,41-43H,13-14,16-18H2,(H,35,44)(H,36,39)(H2,34,37,38)/t25-,27-,28-,31-/m1/s1. The Hall–Kier alpha value is -5.28. The molecule has 4 atom stereocenters. The lowest BCUT2D eigenvalue weighted by Gasteiger charge is -2.20. The summed E-state index contributed by atoms with van der Waals surface area (Å²) in [6.07, 6.45) is -4.05. The first-order valence-corrected chi connectivity index (χ1v) is 15.0. The topological polar surface area (TPSA) is 199 Å². The number of aliphatic hydroxyl groups excluding tert-OH is 3. The minimum Gasteiger partial charge on any atom is -0.491 e. The van der Waals surface area contributed by atoms with E-state index in [1.165, 1.54) is 10.9 Å². The highest BCUT2D eigenvalue weighted by Gasteiger charge is 2.45. The van der Waals surface area contributed by atoms with Gasteiger partial charge in [-0.3, -0.25) is 4.57 Å². The van der Waals surface area contributed by atoms with E-state index < -0.39 is 37.2 Å². The number of nitrogens with one attached hydrogen (secondary N) is 2. The first kappa shape index (κ1) is 31.7. The summed E-state index contributed by atoms with van der Waals surface area (Å²) in [5.74, 6) is 0.987. The second-order valence-corrected chi connectivity index (χ2v) is 10.9. The summed E-state index contributed by atoms with van der Waals surface area (Å²) in [6.45, 7) is 0.364. The SMILES string of the molecule is Nc1ncnc2c1nc(NCc1ccc(-c3ccccc3)c(OCCNC(=O)OCc3ccccc3)c1)n2[C@@H]1O[C@H](CO)[C@@H](O)[C@H]1O. The lowest BCUT2D eigenvalue weighted by atomic mass is 10.0. The van der Waals surface area contributed by atoms with Crippen LogP contribution < -0.4 is 21.1 Å². The van der Waals surface area contributed by atoms with Gasteiger partial charge in [-0.2, -0.15) is 0 Å². The van der Waals surface area contributed by atoms with Crippen LogP contribution in [-0.4, -0.2) is 79.0 Å². The van der Waals surface area contributed by atoms with Crippen LogP contribution in [-0.2, 0) is 22.6 Å². The van der Waals surface area contributed by atoms with Crippen LogP contribution in [0.2, 0.25) is 0 Å². The molecule has 6 rings (SSSR count). The van der Waals surface area contributed by atoms with Crippen LogP contribution in [0.5, 0.6) is 5.75 Å². The molecule has 1 fully saturated rings. The second-order valence-electron chi connectivity index (χ2n) is 10.9. The number of nitrogens with zero attached hydrogens (tertiary/aromatic N) is 4. The summed E-state index contributed by atoms with van der Waals surface area (Å²) >= 11 is 0. The Labute approximate surface area is 269 Å². The van der Waals surface area contributed by atoms with Crippen molar-refractivity contribution in [1.29, 1.82) is 0 Å². The van der Waals surface area contributed by atoms with E-state index in [1.54, 1.807) is 0 Å². The normalized spacial score (nSPS) is 19.0. The number of amides is 1. The summed E-state index contributed by atoms with van der Waals surface area (Å²) in [5.41, 5.74) is 10.2. The number of alkyl carbamates (subject to hydrolysis) is 1. The molecule has 1 aliphatic heterocycles. The minimum atomic E-state index is -1.37.